The Bertz CT molecular complexity index is 1350. The minimum atomic E-state index is -1.47. The first-order valence-electron chi connectivity index (χ1n) is 13.4. The highest BCUT2D eigenvalue weighted by molar-refractivity contribution is 7.99. The number of ketones is 2. The van der Waals surface area contributed by atoms with Gasteiger partial charge in [0.05, 0.1) is 22.4 Å². The quantitative estimate of drug-likeness (QED) is 0.546. The van der Waals surface area contributed by atoms with Gasteiger partial charge in [0.15, 0.2) is 11.6 Å². The van der Waals surface area contributed by atoms with Crippen molar-refractivity contribution in [1.29, 1.82) is 0 Å². The number of aromatic nitrogens is 1. The van der Waals surface area contributed by atoms with Crippen LogP contribution in [0, 0.1) is 34.5 Å². The van der Waals surface area contributed by atoms with Crippen molar-refractivity contribution >= 4 is 34.2 Å². The van der Waals surface area contributed by atoms with Crippen molar-refractivity contribution in [2.24, 2.45) is 34.5 Å². The first kappa shape index (κ1) is 25.0. The molecule has 1 aromatic heterocycles. The van der Waals surface area contributed by atoms with Crippen molar-refractivity contribution < 1.29 is 19.8 Å². The molecule has 0 bridgehead atoms. The Balaban J connectivity index is 1.26. The average Bonchev–Trinajstić information content (AvgIpc) is 3.14. The van der Waals surface area contributed by atoms with E-state index >= 15 is 0 Å². The van der Waals surface area contributed by atoms with Gasteiger partial charge in [0, 0.05) is 22.1 Å². The van der Waals surface area contributed by atoms with Crippen molar-refractivity contribution in [2.45, 2.75) is 63.2 Å². The normalized spacial score (nSPS) is 40.6. The molecule has 0 aliphatic heterocycles. The number of Topliss-reactive ketones (excluding diaryl/α,β-unsaturated/α-hetero) is 1. The number of rotatable bonds is 4. The maximum atomic E-state index is 13.7. The zero-order valence-electron chi connectivity index (χ0n) is 21.7. The third-order valence-electron chi connectivity index (χ3n) is 10.4. The molecule has 5 nitrogen and oxygen atoms in total. The number of para-hydroxylation sites is 1. The summed E-state index contributed by atoms with van der Waals surface area (Å²) in [4.78, 5) is 30.5. The Morgan fingerprint density at radius 2 is 1.97 bits per heavy atom. The van der Waals surface area contributed by atoms with Crippen molar-refractivity contribution in [3.05, 3.63) is 60.2 Å². The van der Waals surface area contributed by atoms with Crippen LogP contribution in [0.3, 0.4) is 0 Å². The molecule has 37 heavy (non-hydrogen) atoms. The molecular weight excluding hydrogens is 482 g/mol. The molecule has 6 heteroatoms. The number of aliphatic hydroxyl groups excluding tert-OH is 1. The van der Waals surface area contributed by atoms with Gasteiger partial charge in [0.2, 0.25) is 0 Å². The maximum Gasteiger partial charge on any atom is 0.178 e. The van der Waals surface area contributed by atoms with Gasteiger partial charge in [-0.3, -0.25) is 9.59 Å². The van der Waals surface area contributed by atoms with Gasteiger partial charge in [0.1, 0.15) is 5.60 Å². The van der Waals surface area contributed by atoms with E-state index in [1.54, 1.807) is 12.2 Å². The minimum absolute atomic E-state index is 0.0205. The number of allylic oxidation sites excluding steroid dienone is 4. The summed E-state index contributed by atoms with van der Waals surface area (Å²) in [6.45, 7) is 6.35. The number of nitrogens with zero attached hydrogens (tertiary/aromatic N) is 1. The summed E-state index contributed by atoms with van der Waals surface area (Å²) in [5.41, 5.74) is -0.522. The topological polar surface area (TPSA) is 87.5 Å². The van der Waals surface area contributed by atoms with Gasteiger partial charge in [-0.1, -0.05) is 68.4 Å². The predicted octanol–water partition coefficient (Wildman–Crippen LogP) is 5.15. The number of carbonyl (C=O) groups is 2. The van der Waals surface area contributed by atoms with Crippen molar-refractivity contribution in [3.63, 3.8) is 0 Å². The molecule has 3 fully saturated rings. The van der Waals surface area contributed by atoms with Crippen LogP contribution in [0.4, 0.5) is 0 Å². The molecule has 1 aromatic carbocycles. The monoisotopic (exact) mass is 517 g/mol. The Labute approximate surface area is 222 Å². The molecule has 1 heterocycles. The lowest BCUT2D eigenvalue weighted by atomic mass is 9.45. The van der Waals surface area contributed by atoms with Crippen LogP contribution in [0.1, 0.15) is 46.5 Å². The number of carbonyl (C=O) groups excluding carboxylic acids is 2. The van der Waals surface area contributed by atoms with Crippen molar-refractivity contribution in [1.82, 2.24) is 4.98 Å². The van der Waals surface area contributed by atoms with Crippen LogP contribution >= 0.6 is 11.8 Å². The van der Waals surface area contributed by atoms with E-state index in [-0.39, 0.29) is 46.4 Å². The van der Waals surface area contributed by atoms with Gasteiger partial charge in [-0.25, -0.2) is 4.98 Å². The molecule has 194 valence electrons. The molecule has 6 rings (SSSR count). The van der Waals surface area contributed by atoms with Gasteiger partial charge < -0.3 is 10.2 Å². The highest BCUT2D eigenvalue weighted by Crippen LogP contribution is 2.67. The summed E-state index contributed by atoms with van der Waals surface area (Å²) in [6, 6.07) is 11.8. The van der Waals surface area contributed by atoms with Gasteiger partial charge in [-0.15, -0.1) is 0 Å². The van der Waals surface area contributed by atoms with Crippen LogP contribution < -0.4 is 0 Å². The standard InChI is InChI=1S/C31H35NO4S/c1-18-14-21-22-11-13-31(36,26(35)17-37-27-9-8-19-6-4-5-7-24(19)32-27)30(22,3)16-25(34)28(21)29(2)12-10-20(33)15-23(18)29/h4-10,12,15,18,21-22,25,28,34,36H,11,13-14,16-17H2,1-3H3/t18-,21?,22?,25?,28?,29?,30?,31-/m0/s1. The lowest BCUT2D eigenvalue weighted by molar-refractivity contribution is -0.176. The Kier molecular flexibility index (Phi) is 5.83. The number of hydrogen-bond donors (Lipinski definition) is 2. The Morgan fingerprint density at radius 3 is 2.78 bits per heavy atom. The van der Waals surface area contributed by atoms with Crippen molar-refractivity contribution in [2.75, 3.05) is 5.75 Å². The summed E-state index contributed by atoms with van der Waals surface area (Å²) in [7, 11) is 0. The molecule has 3 saturated carbocycles. The second-order valence-corrected chi connectivity index (χ2v) is 13.2. The lowest BCUT2D eigenvalue weighted by Crippen LogP contribution is -2.62. The fourth-order valence-corrected chi connectivity index (χ4v) is 9.44. The second kappa shape index (κ2) is 8.62. The number of hydrogen-bond acceptors (Lipinski definition) is 6. The molecule has 4 aliphatic rings. The SMILES string of the molecule is C[C@H]1CC2C(C(O)CC3(C)C2CC[C@]3(O)C(=O)CSc2ccc3ccccc3n2)C2(C)C=CC(=O)C=C12. The number of aliphatic hydroxyl groups is 2. The van der Waals surface area contributed by atoms with E-state index in [2.05, 4.69) is 18.8 Å². The van der Waals surface area contributed by atoms with E-state index in [1.807, 2.05) is 49.4 Å². The zero-order chi connectivity index (χ0) is 26.2. The molecule has 2 aromatic rings. The molecule has 0 amide bonds. The number of fused-ring (bicyclic) bond motifs is 6. The predicted molar refractivity (Wildman–Crippen MR) is 145 cm³/mol. The third-order valence-corrected chi connectivity index (χ3v) is 11.3. The highest BCUT2D eigenvalue weighted by atomic mass is 32.2. The van der Waals surface area contributed by atoms with E-state index in [0.717, 1.165) is 34.3 Å². The molecule has 8 atom stereocenters. The van der Waals surface area contributed by atoms with Crippen LogP contribution in [0.5, 0.6) is 0 Å². The molecule has 4 aliphatic carbocycles. The minimum Gasteiger partial charge on any atom is -0.393 e. The molecule has 0 saturated heterocycles. The van der Waals surface area contributed by atoms with Crippen LogP contribution in [-0.4, -0.2) is 44.2 Å². The van der Waals surface area contributed by atoms with Gasteiger partial charge in [-0.05, 0) is 67.7 Å². The maximum absolute atomic E-state index is 13.7. The van der Waals surface area contributed by atoms with E-state index in [0.29, 0.717) is 12.8 Å². The Morgan fingerprint density at radius 1 is 1.19 bits per heavy atom. The van der Waals surface area contributed by atoms with Crippen molar-refractivity contribution in [3.8, 4) is 0 Å². The number of pyridine rings is 1. The second-order valence-electron chi connectivity index (χ2n) is 12.2. The van der Waals surface area contributed by atoms with Gasteiger partial charge in [0.25, 0.3) is 0 Å². The summed E-state index contributed by atoms with van der Waals surface area (Å²) in [6.07, 6.45) is 7.22. The van der Waals surface area contributed by atoms with E-state index < -0.39 is 17.1 Å². The van der Waals surface area contributed by atoms with Crippen LogP contribution in [-0.2, 0) is 9.59 Å². The van der Waals surface area contributed by atoms with E-state index in [4.69, 9.17) is 0 Å². The zero-order valence-corrected chi connectivity index (χ0v) is 22.5. The average molecular weight is 518 g/mol. The molecule has 0 radical (unpaired) electrons. The molecule has 0 spiro atoms. The summed E-state index contributed by atoms with van der Waals surface area (Å²) < 4.78 is 0. The van der Waals surface area contributed by atoms with E-state index in [9.17, 15) is 19.8 Å². The summed E-state index contributed by atoms with van der Waals surface area (Å²) >= 11 is 1.37. The van der Waals surface area contributed by atoms with Crippen LogP contribution in [0.2, 0.25) is 0 Å². The Hall–Kier alpha value is -2.28. The smallest absolute Gasteiger partial charge is 0.178 e. The van der Waals surface area contributed by atoms with Gasteiger partial charge >= 0.3 is 0 Å². The van der Waals surface area contributed by atoms with Crippen LogP contribution in [0.15, 0.2) is 65.2 Å². The molecular formula is C31H35NO4S. The fraction of sp³-hybridized carbons (Fsp3) is 0.516. The number of thioether (sulfide) groups is 1. The number of benzene rings is 1. The fourth-order valence-electron chi connectivity index (χ4n) is 8.60. The summed E-state index contributed by atoms with van der Waals surface area (Å²) in [5.74, 6) is 0.528. The highest BCUT2D eigenvalue weighted by Gasteiger charge is 2.68. The third kappa shape index (κ3) is 3.63. The van der Waals surface area contributed by atoms with Crippen LogP contribution in [0.25, 0.3) is 10.9 Å². The molecule has 6 unspecified atom stereocenters. The first-order chi connectivity index (χ1) is 17.6. The summed E-state index contributed by atoms with van der Waals surface area (Å²) in [5, 5.41) is 25.4. The molecule has 2 N–H and O–H groups in total. The largest absolute Gasteiger partial charge is 0.393 e. The van der Waals surface area contributed by atoms with Gasteiger partial charge in [-0.2, -0.15) is 0 Å². The lowest BCUT2D eigenvalue weighted by Gasteiger charge is -2.60. The first-order valence-corrected chi connectivity index (χ1v) is 14.4. The van der Waals surface area contributed by atoms with E-state index in [1.165, 1.54) is 11.8 Å².